The number of nitrogens with zero attached hydrogens (tertiary/aromatic N) is 1. The molecule has 136 valence electrons. The lowest BCUT2D eigenvalue weighted by atomic mass is 10.2. The van der Waals surface area contributed by atoms with Crippen LogP contribution >= 0.6 is 11.6 Å². The van der Waals surface area contributed by atoms with Crippen LogP contribution in [-0.2, 0) is 20.0 Å². The lowest BCUT2D eigenvalue weighted by Gasteiger charge is -2.12. The van der Waals surface area contributed by atoms with E-state index < -0.39 is 41.3 Å². The average Bonchev–Trinajstić information content (AvgIpc) is 2.48. The molecule has 0 aliphatic heterocycles. The van der Waals surface area contributed by atoms with Crippen LogP contribution in [0.4, 0.5) is 13.2 Å². The molecule has 0 bridgehead atoms. The largest absolute Gasteiger partial charge is 0.534 e. The lowest BCUT2D eigenvalue weighted by Crippen LogP contribution is -2.28. The molecule has 0 spiro atoms. The van der Waals surface area contributed by atoms with Gasteiger partial charge in [0.1, 0.15) is 5.02 Å². The van der Waals surface area contributed by atoms with Crippen LogP contribution in [0.1, 0.15) is 5.56 Å². The molecule has 0 N–H and O–H groups in total. The summed E-state index contributed by atoms with van der Waals surface area (Å²) in [5.41, 5.74) is -4.93. The first-order valence-corrected chi connectivity index (χ1v) is 9.60. The molecule has 1 heterocycles. The highest BCUT2D eigenvalue weighted by Gasteiger charge is 2.49. The van der Waals surface area contributed by atoms with Gasteiger partial charge in [-0.2, -0.15) is 21.6 Å². The molecule has 0 atom stereocenters. The third kappa shape index (κ3) is 3.88. The molecule has 0 saturated carbocycles. The second-order valence-corrected chi connectivity index (χ2v) is 8.51. The molecule has 0 fully saturated rings. The fourth-order valence-electron chi connectivity index (χ4n) is 1.65. The van der Waals surface area contributed by atoms with Crippen LogP contribution in [0.25, 0.3) is 0 Å². The van der Waals surface area contributed by atoms with Crippen molar-refractivity contribution in [3.63, 3.8) is 0 Å². The number of aromatic nitrogens is 1. The van der Waals surface area contributed by atoms with Gasteiger partial charge in [-0.1, -0.05) is 29.3 Å². The van der Waals surface area contributed by atoms with Crippen molar-refractivity contribution in [2.75, 3.05) is 0 Å². The van der Waals surface area contributed by atoms with Gasteiger partial charge in [-0.25, -0.2) is 13.4 Å². The summed E-state index contributed by atoms with van der Waals surface area (Å²) in [5.74, 6) is -1.00. The maximum Gasteiger partial charge on any atom is 0.534 e. The lowest BCUT2D eigenvalue weighted by molar-refractivity contribution is -0.0500. The van der Waals surface area contributed by atoms with Gasteiger partial charge in [0, 0.05) is 12.3 Å². The topological polar surface area (TPSA) is 90.4 Å². The highest BCUT2D eigenvalue weighted by molar-refractivity contribution is 7.91. The number of halogens is 4. The van der Waals surface area contributed by atoms with E-state index in [2.05, 4.69) is 9.17 Å². The number of sulfone groups is 1. The van der Waals surface area contributed by atoms with Gasteiger partial charge in [-0.15, -0.1) is 0 Å². The Morgan fingerprint density at radius 2 is 1.60 bits per heavy atom. The van der Waals surface area contributed by atoms with Gasteiger partial charge < -0.3 is 4.18 Å². The predicted molar refractivity (Wildman–Crippen MR) is 81.5 cm³/mol. The maximum atomic E-state index is 12.5. The molecule has 0 saturated heterocycles. The zero-order valence-electron chi connectivity index (χ0n) is 12.3. The minimum absolute atomic E-state index is 0.219. The van der Waals surface area contributed by atoms with Crippen LogP contribution in [0.15, 0.2) is 46.5 Å². The van der Waals surface area contributed by atoms with Gasteiger partial charge in [-0.3, -0.25) is 0 Å². The second kappa shape index (κ2) is 6.46. The van der Waals surface area contributed by atoms with E-state index in [1.165, 1.54) is 24.3 Å². The molecule has 0 aliphatic rings. The molecule has 1 aromatic heterocycles. The Balaban J connectivity index is 2.54. The standard InChI is InChI=1S/C13H9ClF3NO5S2/c1-8-2-4-9(5-3-8)24(19,20)12-11(14)10(6-7-18-12)23-25(21,22)13(15,16)17/h2-7H,1H3. The van der Waals surface area contributed by atoms with Crippen LogP contribution < -0.4 is 4.18 Å². The zero-order valence-corrected chi connectivity index (χ0v) is 14.7. The number of alkyl halides is 3. The van der Waals surface area contributed by atoms with Gasteiger partial charge >= 0.3 is 15.6 Å². The second-order valence-electron chi connectivity index (χ2n) is 4.73. The van der Waals surface area contributed by atoms with Gasteiger partial charge in [0.2, 0.25) is 9.84 Å². The van der Waals surface area contributed by atoms with Crippen molar-refractivity contribution in [1.82, 2.24) is 4.98 Å². The molecule has 1 aromatic carbocycles. The van der Waals surface area contributed by atoms with Crippen molar-refractivity contribution in [2.45, 2.75) is 22.4 Å². The van der Waals surface area contributed by atoms with E-state index >= 15 is 0 Å². The first-order valence-electron chi connectivity index (χ1n) is 6.33. The fourth-order valence-corrected chi connectivity index (χ4v) is 3.88. The number of aryl methyl sites for hydroxylation is 1. The fraction of sp³-hybridized carbons (Fsp3) is 0.154. The van der Waals surface area contributed by atoms with Crippen LogP contribution in [0.2, 0.25) is 5.02 Å². The molecule has 2 rings (SSSR count). The van der Waals surface area contributed by atoms with Crippen molar-refractivity contribution >= 4 is 31.6 Å². The SMILES string of the molecule is Cc1ccc(S(=O)(=O)c2nccc(OS(=O)(=O)C(F)(F)F)c2Cl)cc1. The summed E-state index contributed by atoms with van der Waals surface area (Å²) in [5, 5.41) is -1.70. The Morgan fingerprint density at radius 1 is 1.04 bits per heavy atom. The molecule has 0 unspecified atom stereocenters. The van der Waals surface area contributed by atoms with Crippen LogP contribution in [0.3, 0.4) is 0 Å². The summed E-state index contributed by atoms with van der Waals surface area (Å²) in [4.78, 5) is 3.31. The molecule has 6 nitrogen and oxygen atoms in total. The Kier molecular flexibility index (Phi) is 5.04. The van der Waals surface area contributed by atoms with E-state index in [9.17, 15) is 30.0 Å². The molecular weight excluding hydrogens is 407 g/mol. The van der Waals surface area contributed by atoms with Crippen molar-refractivity contribution in [3.05, 3.63) is 47.1 Å². The number of hydrogen-bond acceptors (Lipinski definition) is 6. The van der Waals surface area contributed by atoms with Crippen molar-refractivity contribution in [3.8, 4) is 5.75 Å². The van der Waals surface area contributed by atoms with E-state index in [0.717, 1.165) is 11.8 Å². The van der Waals surface area contributed by atoms with Gasteiger partial charge in [0.05, 0.1) is 4.90 Å². The highest BCUT2D eigenvalue weighted by Crippen LogP contribution is 2.35. The molecule has 0 amide bonds. The summed E-state index contributed by atoms with van der Waals surface area (Å²) < 4.78 is 88.2. The minimum Gasteiger partial charge on any atom is -0.374 e. The van der Waals surface area contributed by atoms with Crippen molar-refractivity contribution in [2.24, 2.45) is 0 Å². The number of pyridine rings is 1. The number of benzene rings is 1. The summed E-state index contributed by atoms with van der Waals surface area (Å²) >= 11 is 5.73. The van der Waals surface area contributed by atoms with E-state index in [1.54, 1.807) is 6.92 Å². The highest BCUT2D eigenvalue weighted by atomic mass is 35.5. The van der Waals surface area contributed by atoms with Crippen LogP contribution in [-0.4, -0.2) is 27.3 Å². The maximum absolute atomic E-state index is 12.5. The zero-order chi connectivity index (χ0) is 19.0. The molecule has 0 aliphatic carbocycles. The monoisotopic (exact) mass is 415 g/mol. The average molecular weight is 416 g/mol. The molecule has 12 heteroatoms. The molecule has 2 aromatic rings. The Hall–Kier alpha value is -1.85. The molecule has 25 heavy (non-hydrogen) atoms. The first kappa shape index (κ1) is 19.5. The summed E-state index contributed by atoms with van der Waals surface area (Å²) in [6.45, 7) is 1.72. The van der Waals surface area contributed by atoms with E-state index in [-0.39, 0.29) is 4.90 Å². The Bertz CT molecular complexity index is 1000. The number of hydrogen-bond donors (Lipinski definition) is 0. The van der Waals surface area contributed by atoms with Gasteiger partial charge in [0.15, 0.2) is 10.8 Å². The smallest absolute Gasteiger partial charge is 0.374 e. The molecular formula is C13H9ClF3NO5S2. The first-order chi connectivity index (χ1) is 11.4. The van der Waals surface area contributed by atoms with E-state index in [0.29, 0.717) is 6.07 Å². The Labute approximate surface area is 146 Å². The van der Waals surface area contributed by atoms with Gasteiger partial charge in [-0.05, 0) is 19.1 Å². The summed E-state index contributed by atoms with van der Waals surface area (Å²) in [6, 6.07) is 6.20. The van der Waals surface area contributed by atoms with E-state index in [1.807, 2.05) is 0 Å². The van der Waals surface area contributed by atoms with Crippen molar-refractivity contribution < 1.29 is 34.2 Å². The van der Waals surface area contributed by atoms with Crippen LogP contribution in [0.5, 0.6) is 5.75 Å². The van der Waals surface area contributed by atoms with Crippen molar-refractivity contribution in [1.29, 1.82) is 0 Å². The normalized spacial score (nSPS) is 12.8. The third-order valence-electron chi connectivity index (χ3n) is 2.89. The molecule has 0 radical (unpaired) electrons. The van der Waals surface area contributed by atoms with Gasteiger partial charge in [0.25, 0.3) is 0 Å². The third-order valence-corrected chi connectivity index (χ3v) is 6.05. The van der Waals surface area contributed by atoms with Crippen LogP contribution in [0, 0.1) is 6.92 Å². The Morgan fingerprint density at radius 3 is 2.12 bits per heavy atom. The predicted octanol–water partition coefficient (Wildman–Crippen LogP) is 3.10. The minimum atomic E-state index is -6.01. The quantitative estimate of drug-likeness (QED) is 0.563. The summed E-state index contributed by atoms with van der Waals surface area (Å²) in [6.07, 6.45) is 0.772. The number of rotatable bonds is 4. The van der Waals surface area contributed by atoms with E-state index in [4.69, 9.17) is 11.6 Å². The summed E-state index contributed by atoms with van der Waals surface area (Å²) in [7, 11) is -10.3.